The van der Waals surface area contributed by atoms with Gasteiger partial charge in [0, 0.05) is 18.5 Å². The summed E-state index contributed by atoms with van der Waals surface area (Å²) < 4.78 is 3.08. The molecule has 0 spiro atoms. The molecule has 0 saturated carbocycles. The number of hydrogen-bond acceptors (Lipinski definition) is 4. The zero-order valence-corrected chi connectivity index (χ0v) is 13.8. The van der Waals surface area contributed by atoms with Gasteiger partial charge < -0.3 is 4.90 Å². The van der Waals surface area contributed by atoms with Gasteiger partial charge >= 0.3 is 0 Å². The van der Waals surface area contributed by atoms with Crippen LogP contribution in [0.1, 0.15) is 19.8 Å². The van der Waals surface area contributed by atoms with Crippen LogP contribution in [-0.2, 0) is 11.3 Å². The van der Waals surface area contributed by atoms with E-state index >= 15 is 0 Å². The monoisotopic (exact) mass is 330 g/mol. The molecule has 4 rings (SSSR count). The predicted molar refractivity (Wildman–Crippen MR) is 89.8 cm³/mol. The Morgan fingerprint density at radius 3 is 3.17 bits per heavy atom. The number of amides is 1. The van der Waals surface area contributed by atoms with Crippen LogP contribution in [0.4, 0.5) is 0 Å². The molecule has 1 atom stereocenters. The Bertz CT molecular complexity index is 939. The highest BCUT2D eigenvalue weighted by molar-refractivity contribution is 7.16. The van der Waals surface area contributed by atoms with Gasteiger partial charge in [-0.15, -0.1) is 11.3 Å². The third kappa shape index (κ3) is 2.45. The van der Waals surface area contributed by atoms with Crippen molar-refractivity contribution in [3.63, 3.8) is 0 Å². The standard InChI is InChI=1S/C16H18N4O2S/c1-11-3-2-5-18(8-11)14(21)9-20-15(22)13-7-12-4-6-23-16(12)19(13)10-17-20/h4,6-7,10-11H,2-3,5,8-9H2,1H3/t11-/m1/s1. The van der Waals surface area contributed by atoms with Gasteiger partial charge in [-0.05, 0) is 36.3 Å². The Kier molecular flexibility index (Phi) is 3.45. The number of carbonyl (C=O) groups is 1. The van der Waals surface area contributed by atoms with Gasteiger partial charge in [-0.1, -0.05) is 6.92 Å². The average molecular weight is 330 g/mol. The van der Waals surface area contributed by atoms with Gasteiger partial charge in [0.2, 0.25) is 5.91 Å². The van der Waals surface area contributed by atoms with Crippen LogP contribution in [0.2, 0.25) is 0 Å². The van der Waals surface area contributed by atoms with E-state index in [1.807, 2.05) is 22.4 Å². The first-order chi connectivity index (χ1) is 11.1. The van der Waals surface area contributed by atoms with Crippen molar-refractivity contribution in [1.82, 2.24) is 19.1 Å². The quantitative estimate of drug-likeness (QED) is 0.722. The Labute approximate surface area is 136 Å². The number of fused-ring (bicyclic) bond motifs is 3. The van der Waals surface area contributed by atoms with Crippen LogP contribution in [0, 0.1) is 5.92 Å². The third-order valence-corrected chi connectivity index (χ3v) is 5.43. The second-order valence-electron chi connectivity index (χ2n) is 6.26. The fraction of sp³-hybridized carbons (Fsp3) is 0.438. The van der Waals surface area contributed by atoms with Crippen LogP contribution in [-0.4, -0.2) is 38.1 Å². The van der Waals surface area contributed by atoms with Crippen molar-refractivity contribution in [2.45, 2.75) is 26.3 Å². The molecule has 1 aliphatic rings. The SMILES string of the molecule is C[C@@H]1CCCN(C(=O)Cn2ncn3c(cc4ccsc43)c2=O)C1. The summed E-state index contributed by atoms with van der Waals surface area (Å²) in [7, 11) is 0. The van der Waals surface area contributed by atoms with Crippen LogP contribution in [0.3, 0.4) is 0 Å². The Morgan fingerprint density at radius 2 is 2.35 bits per heavy atom. The largest absolute Gasteiger partial charge is 0.341 e. The normalized spacial score (nSPS) is 18.8. The molecule has 6 nitrogen and oxygen atoms in total. The minimum atomic E-state index is -0.214. The molecule has 1 saturated heterocycles. The lowest BCUT2D eigenvalue weighted by atomic mass is 10.0. The number of nitrogens with zero attached hydrogens (tertiary/aromatic N) is 4. The molecule has 4 heterocycles. The number of aromatic nitrogens is 3. The zero-order chi connectivity index (χ0) is 16.0. The molecule has 23 heavy (non-hydrogen) atoms. The van der Waals surface area contributed by atoms with E-state index in [-0.39, 0.29) is 18.0 Å². The fourth-order valence-corrected chi connectivity index (χ4v) is 4.14. The molecule has 0 aliphatic carbocycles. The number of hydrogen-bond donors (Lipinski definition) is 0. The molecular weight excluding hydrogens is 312 g/mol. The number of rotatable bonds is 2. The molecule has 1 fully saturated rings. The fourth-order valence-electron chi connectivity index (χ4n) is 3.28. The lowest BCUT2D eigenvalue weighted by Gasteiger charge is -2.30. The van der Waals surface area contributed by atoms with Gasteiger partial charge in [0.05, 0.1) is 0 Å². The molecular formula is C16H18N4O2S. The molecule has 0 radical (unpaired) electrons. The highest BCUT2D eigenvalue weighted by Crippen LogP contribution is 2.23. The third-order valence-electron chi connectivity index (χ3n) is 4.50. The second kappa shape index (κ2) is 5.49. The highest BCUT2D eigenvalue weighted by atomic mass is 32.1. The maximum Gasteiger partial charge on any atom is 0.291 e. The summed E-state index contributed by atoms with van der Waals surface area (Å²) in [4.78, 5) is 27.9. The first kappa shape index (κ1) is 14.4. The number of likely N-dealkylation sites (tertiary alicyclic amines) is 1. The minimum Gasteiger partial charge on any atom is -0.341 e. The van der Waals surface area contributed by atoms with E-state index in [1.54, 1.807) is 22.1 Å². The summed E-state index contributed by atoms with van der Waals surface area (Å²) in [6.07, 6.45) is 3.82. The summed E-state index contributed by atoms with van der Waals surface area (Å²) in [5, 5.41) is 7.21. The second-order valence-corrected chi connectivity index (χ2v) is 7.16. The van der Waals surface area contributed by atoms with Crippen molar-refractivity contribution in [2.75, 3.05) is 13.1 Å². The van der Waals surface area contributed by atoms with Crippen molar-refractivity contribution >= 4 is 33.0 Å². The van der Waals surface area contributed by atoms with E-state index in [0.29, 0.717) is 11.4 Å². The lowest BCUT2D eigenvalue weighted by Crippen LogP contribution is -2.42. The van der Waals surface area contributed by atoms with Gasteiger partial charge in [0.15, 0.2) is 0 Å². The molecule has 7 heteroatoms. The predicted octanol–water partition coefficient (Wildman–Crippen LogP) is 1.97. The number of thiophene rings is 1. The van der Waals surface area contributed by atoms with Crippen LogP contribution in [0.15, 0.2) is 28.6 Å². The molecule has 3 aromatic heterocycles. The van der Waals surface area contributed by atoms with Crippen LogP contribution < -0.4 is 5.56 Å². The van der Waals surface area contributed by atoms with E-state index in [9.17, 15) is 9.59 Å². The van der Waals surface area contributed by atoms with E-state index in [2.05, 4.69) is 12.0 Å². The topological polar surface area (TPSA) is 59.6 Å². The van der Waals surface area contributed by atoms with Crippen molar-refractivity contribution < 1.29 is 4.79 Å². The highest BCUT2D eigenvalue weighted by Gasteiger charge is 2.22. The molecule has 0 aromatic carbocycles. The van der Waals surface area contributed by atoms with E-state index < -0.39 is 0 Å². The van der Waals surface area contributed by atoms with Gasteiger partial charge in [0.1, 0.15) is 23.2 Å². The van der Waals surface area contributed by atoms with Crippen LogP contribution >= 0.6 is 11.3 Å². The molecule has 120 valence electrons. The van der Waals surface area contributed by atoms with E-state index in [1.165, 1.54) is 4.68 Å². The smallest absolute Gasteiger partial charge is 0.291 e. The summed E-state index contributed by atoms with van der Waals surface area (Å²) in [5.74, 6) is 0.501. The molecule has 1 amide bonds. The molecule has 0 unspecified atom stereocenters. The van der Waals surface area contributed by atoms with Crippen molar-refractivity contribution in [3.8, 4) is 0 Å². The van der Waals surface area contributed by atoms with Crippen LogP contribution in [0.5, 0.6) is 0 Å². The number of carbonyl (C=O) groups excluding carboxylic acids is 1. The summed E-state index contributed by atoms with van der Waals surface area (Å²) in [6.45, 7) is 3.72. The van der Waals surface area contributed by atoms with Gasteiger partial charge in [0.25, 0.3) is 5.56 Å². The Hall–Kier alpha value is -2.15. The zero-order valence-electron chi connectivity index (χ0n) is 12.9. The molecule has 0 N–H and O–H groups in total. The van der Waals surface area contributed by atoms with Gasteiger partial charge in [-0.3, -0.25) is 14.0 Å². The first-order valence-corrected chi connectivity index (χ1v) is 8.73. The molecule has 1 aliphatic heterocycles. The Morgan fingerprint density at radius 1 is 1.48 bits per heavy atom. The first-order valence-electron chi connectivity index (χ1n) is 7.85. The summed E-state index contributed by atoms with van der Waals surface area (Å²) in [5.41, 5.74) is 0.357. The number of piperidine rings is 1. The van der Waals surface area contributed by atoms with E-state index in [4.69, 9.17) is 0 Å². The molecule has 0 bridgehead atoms. The maximum atomic E-state index is 12.6. The summed E-state index contributed by atoms with van der Waals surface area (Å²) >= 11 is 1.57. The molecule has 3 aromatic rings. The lowest BCUT2D eigenvalue weighted by molar-refractivity contribution is -0.133. The summed E-state index contributed by atoms with van der Waals surface area (Å²) in [6, 6.07) is 3.84. The van der Waals surface area contributed by atoms with Crippen molar-refractivity contribution in [1.29, 1.82) is 0 Å². The van der Waals surface area contributed by atoms with Gasteiger partial charge in [-0.25, -0.2) is 4.68 Å². The van der Waals surface area contributed by atoms with Crippen molar-refractivity contribution in [3.05, 3.63) is 34.2 Å². The van der Waals surface area contributed by atoms with Gasteiger partial charge in [-0.2, -0.15) is 5.10 Å². The van der Waals surface area contributed by atoms with E-state index in [0.717, 1.165) is 36.1 Å². The minimum absolute atomic E-state index is 0.0148. The average Bonchev–Trinajstić information content (AvgIpc) is 3.11. The Balaban J connectivity index is 1.65. The van der Waals surface area contributed by atoms with Crippen molar-refractivity contribution in [2.24, 2.45) is 5.92 Å². The maximum absolute atomic E-state index is 12.6. The van der Waals surface area contributed by atoms with Crippen LogP contribution in [0.25, 0.3) is 15.7 Å².